The van der Waals surface area contributed by atoms with Crippen molar-refractivity contribution in [1.29, 1.82) is 0 Å². The van der Waals surface area contributed by atoms with Crippen molar-refractivity contribution in [3.63, 3.8) is 0 Å². The van der Waals surface area contributed by atoms with Crippen molar-refractivity contribution in [3.8, 4) is 0 Å². The van der Waals surface area contributed by atoms with E-state index in [4.69, 9.17) is 9.47 Å². The molecule has 1 amide bonds. The number of carbonyl (C=O) groups is 2. The standard InChI is InChI=1S/C27H35NO5/c1-26(2,3)33-25(31)28-22(17-20-14-10-7-11-15-20)23(32-27(28,4)5)18-21(24(29)30)16-19-12-8-6-9-13-19/h6-15,21-23H,16-18H2,1-5H3,(H,29,30)/t21?,22-,23-/m0/s1. The minimum atomic E-state index is -0.928. The summed E-state index contributed by atoms with van der Waals surface area (Å²) in [5, 5.41) is 9.97. The summed E-state index contributed by atoms with van der Waals surface area (Å²) in [4.78, 5) is 27.1. The van der Waals surface area contributed by atoms with Crippen LogP contribution >= 0.6 is 0 Å². The van der Waals surface area contributed by atoms with Crippen molar-refractivity contribution < 1.29 is 24.2 Å². The molecule has 1 N–H and O–H groups in total. The van der Waals surface area contributed by atoms with Gasteiger partial charge in [0.2, 0.25) is 0 Å². The van der Waals surface area contributed by atoms with E-state index in [1.807, 2.05) is 95.3 Å². The third kappa shape index (κ3) is 6.57. The molecular weight excluding hydrogens is 418 g/mol. The quantitative estimate of drug-likeness (QED) is 0.615. The van der Waals surface area contributed by atoms with Gasteiger partial charge in [-0.3, -0.25) is 9.69 Å². The van der Waals surface area contributed by atoms with Crippen molar-refractivity contribution in [2.45, 2.75) is 77.4 Å². The summed E-state index contributed by atoms with van der Waals surface area (Å²) in [5.74, 6) is -1.50. The Bertz CT molecular complexity index is 936. The molecule has 1 saturated heterocycles. The second-order valence-corrected chi connectivity index (χ2v) is 10.2. The predicted molar refractivity (Wildman–Crippen MR) is 127 cm³/mol. The molecule has 1 aliphatic heterocycles. The smallest absolute Gasteiger partial charge is 0.412 e. The molecule has 6 nitrogen and oxygen atoms in total. The lowest BCUT2D eigenvalue weighted by molar-refractivity contribution is -0.144. The van der Waals surface area contributed by atoms with E-state index >= 15 is 0 Å². The first-order valence-electron chi connectivity index (χ1n) is 11.5. The van der Waals surface area contributed by atoms with Gasteiger partial charge in [0.25, 0.3) is 0 Å². The van der Waals surface area contributed by atoms with Gasteiger partial charge in [-0.25, -0.2) is 4.79 Å². The molecular formula is C27H35NO5. The zero-order chi connectivity index (χ0) is 24.2. The summed E-state index contributed by atoms with van der Waals surface area (Å²) < 4.78 is 12.1. The van der Waals surface area contributed by atoms with Gasteiger partial charge in [0.05, 0.1) is 18.1 Å². The number of rotatable bonds is 7. The maximum absolute atomic E-state index is 13.2. The van der Waals surface area contributed by atoms with Crippen LogP contribution in [0.2, 0.25) is 0 Å². The minimum absolute atomic E-state index is 0.296. The molecule has 0 radical (unpaired) electrons. The highest BCUT2D eigenvalue weighted by atomic mass is 16.6. The molecule has 33 heavy (non-hydrogen) atoms. The fraction of sp³-hybridized carbons (Fsp3) is 0.481. The number of nitrogens with zero attached hydrogens (tertiary/aromatic N) is 1. The van der Waals surface area contributed by atoms with Crippen LogP contribution in [0.1, 0.15) is 52.2 Å². The number of carboxylic acid groups (broad SMARTS) is 1. The van der Waals surface area contributed by atoms with Crippen LogP contribution in [0.5, 0.6) is 0 Å². The molecule has 0 saturated carbocycles. The maximum atomic E-state index is 13.2. The molecule has 2 aromatic rings. The summed E-state index contributed by atoms with van der Waals surface area (Å²) in [6.07, 6.45) is 0.348. The van der Waals surface area contributed by atoms with Gasteiger partial charge in [0.15, 0.2) is 0 Å². The average molecular weight is 454 g/mol. The predicted octanol–water partition coefficient (Wildman–Crippen LogP) is 5.30. The third-order valence-corrected chi connectivity index (χ3v) is 5.85. The summed E-state index contributed by atoms with van der Waals surface area (Å²) in [7, 11) is 0. The molecule has 1 heterocycles. The van der Waals surface area contributed by atoms with Crippen LogP contribution in [-0.4, -0.2) is 45.5 Å². The van der Waals surface area contributed by atoms with Gasteiger partial charge in [-0.05, 0) is 65.0 Å². The van der Waals surface area contributed by atoms with E-state index in [9.17, 15) is 14.7 Å². The molecule has 1 fully saturated rings. The van der Waals surface area contributed by atoms with E-state index < -0.39 is 35.4 Å². The van der Waals surface area contributed by atoms with Crippen LogP contribution in [0.15, 0.2) is 60.7 Å². The molecule has 3 atom stereocenters. The van der Waals surface area contributed by atoms with Crippen LogP contribution in [0.4, 0.5) is 4.79 Å². The Morgan fingerprint density at radius 2 is 1.58 bits per heavy atom. The number of aliphatic carboxylic acids is 1. The Labute approximate surface area is 196 Å². The van der Waals surface area contributed by atoms with Crippen molar-refractivity contribution in [1.82, 2.24) is 4.90 Å². The fourth-order valence-electron chi connectivity index (χ4n) is 4.47. The first kappa shape index (κ1) is 24.8. The third-order valence-electron chi connectivity index (χ3n) is 5.85. The number of hydrogen-bond donors (Lipinski definition) is 1. The molecule has 0 bridgehead atoms. The lowest BCUT2D eigenvalue weighted by Crippen LogP contribution is -2.51. The summed E-state index contributed by atoms with van der Waals surface area (Å²) in [6.45, 7) is 9.17. The van der Waals surface area contributed by atoms with Gasteiger partial charge < -0.3 is 14.6 Å². The maximum Gasteiger partial charge on any atom is 0.412 e. The SMILES string of the molecule is CC(C)(C)OC(=O)N1[C@@H](Cc2ccccc2)[C@H](CC(Cc2ccccc2)C(=O)O)OC1(C)C. The molecule has 6 heteroatoms. The Balaban J connectivity index is 1.90. The molecule has 178 valence electrons. The zero-order valence-corrected chi connectivity index (χ0v) is 20.2. The van der Waals surface area contributed by atoms with Gasteiger partial charge in [-0.15, -0.1) is 0 Å². The van der Waals surface area contributed by atoms with Gasteiger partial charge in [0, 0.05) is 0 Å². The monoisotopic (exact) mass is 453 g/mol. The number of carboxylic acids is 1. The molecule has 1 unspecified atom stereocenters. The Morgan fingerprint density at radius 1 is 1.03 bits per heavy atom. The van der Waals surface area contributed by atoms with E-state index in [-0.39, 0.29) is 6.04 Å². The van der Waals surface area contributed by atoms with Crippen molar-refractivity contribution >= 4 is 12.1 Å². The van der Waals surface area contributed by atoms with E-state index in [1.165, 1.54) is 0 Å². The molecule has 3 rings (SSSR count). The fourth-order valence-corrected chi connectivity index (χ4v) is 4.47. The van der Waals surface area contributed by atoms with Crippen LogP contribution in [0.25, 0.3) is 0 Å². The highest BCUT2D eigenvalue weighted by Crippen LogP contribution is 2.38. The lowest BCUT2D eigenvalue weighted by Gasteiger charge is -2.35. The van der Waals surface area contributed by atoms with E-state index in [0.29, 0.717) is 19.3 Å². The number of amides is 1. The molecule has 0 spiro atoms. The Kier molecular flexibility index (Phi) is 7.48. The van der Waals surface area contributed by atoms with Gasteiger partial charge in [-0.2, -0.15) is 0 Å². The highest BCUT2D eigenvalue weighted by Gasteiger charge is 2.51. The normalized spacial score (nSPS) is 20.9. The number of ether oxygens (including phenoxy) is 2. The number of carbonyl (C=O) groups excluding carboxylic acids is 1. The van der Waals surface area contributed by atoms with Gasteiger partial charge in [-0.1, -0.05) is 60.7 Å². The van der Waals surface area contributed by atoms with Crippen molar-refractivity contribution in [3.05, 3.63) is 71.8 Å². The Morgan fingerprint density at radius 3 is 2.09 bits per heavy atom. The van der Waals surface area contributed by atoms with Gasteiger partial charge in [0.1, 0.15) is 11.3 Å². The summed E-state index contributed by atoms with van der Waals surface area (Å²) >= 11 is 0. The number of hydrogen-bond acceptors (Lipinski definition) is 4. The van der Waals surface area contributed by atoms with E-state index in [0.717, 1.165) is 11.1 Å². The molecule has 1 aliphatic rings. The summed E-state index contributed by atoms with van der Waals surface area (Å²) in [6, 6.07) is 19.1. The molecule has 0 aliphatic carbocycles. The van der Waals surface area contributed by atoms with Crippen LogP contribution in [-0.2, 0) is 27.1 Å². The van der Waals surface area contributed by atoms with Crippen molar-refractivity contribution in [2.24, 2.45) is 5.92 Å². The van der Waals surface area contributed by atoms with Crippen molar-refractivity contribution in [2.75, 3.05) is 0 Å². The minimum Gasteiger partial charge on any atom is -0.481 e. The lowest BCUT2D eigenvalue weighted by atomic mass is 9.89. The Hall–Kier alpha value is -2.86. The average Bonchev–Trinajstić information content (AvgIpc) is 2.97. The van der Waals surface area contributed by atoms with E-state index in [2.05, 4.69) is 0 Å². The second kappa shape index (κ2) is 9.96. The number of benzene rings is 2. The van der Waals surface area contributed by atoms with Crippen LogP contribution in [0.3, 0.4) is 0 Å². The molecule has 2 aromatic carbocycles. The summed E-state index contributed by atoms with van der Waals surface area (Å²) in [5.41, 5.74) is 0.435. The first-order valence-corrected chi connectivity index (χ1v) is 11.5. The van der Waals surface area contributed by atoms with Crippen LogP contribution in [0, 0.1) is 5.92 Å². The zero-order valence-electron chi connectivity index (χ0n) is 20.2. The van der Waals surface area contributed by atoms with Gasteiger partial charge >= 0.3 is 12.1 Å². The van der Waals surface area contributed by atoms with E-state index in [1.54, 1.807) is 4.90 Å². The molecule has 0 aromatic heterocycles. The highest BCUT2D eigenvalue weighted by molar-refractivity contribution is 5.71. The van der Waals surface area contributed by atoms with Crippen LogP contribution < -0.4 is 0 Å². The topological polar surface area (TPSA) is 76.1 Å². The largest absolute Gasteiger partial charge is 0.481 e. The first-order chi connectivity index (χ1) is 15.5. The second-order valence-electron chi connectivity index (χ2n) is 10.2.